The summed E-state index contributed by atoms with van der Waals surface area (Å²) in [6.07, 6.45) is 0. The summed E-state index contributed by atoms with van der Waals surface area (Å²) in [6.45, 7) is 0. The molecule has 0 radical (unpaired) electrons. The molecule has 2 N–H and O–H groups in total. The number of nitrogens with one attached hydrogen (secondary N) is 2. The lowest BCUT2D eigenvalue weighted by Gasteiger charge is -1.95. The largest absolute Gasteiger partial charge is 0.341 e. The van der Waals surface area contributed by atoms with Crippen molar-refractivity contribution in [1.82, 2.24) is 19.9 Å². The minimum absolute atomic E-state index is 0. The van der Waals surface area contributed by atoms with Crippen LogP contribution in [-0.4, -0.2) is 19.9 Å². The summed E-state index contributed by atoms with van der Waals surface area (Å²) < 4.78 is 0. The van der Waals surface area contributed by atoms with Crippen LogP contribution in [0.3, 0.4) is 0 Å². The van der Waals surface area contributed by atoms with Crippen LogP contribution in [0.25, 0.3) is 22.1 Å². The Hall–Kier alpha value is -1.69. The Balaban J connectivity index is 0.000000960. The first-order valence-corrected chi connectivity index (χ1v) is 7.99. The molecule has 0 fully saturated rings. The predicted molar refractivity (Wildman–Crippen MR) is 102 cm³/mol. The van der Waals surface area contributed by atoms with Crippen molar-refractivity contribution in [2.45, 2.75) is 11.5 Å². The number of nitrogens with zero attached hydrogens (tertiary/aromatic N) is 2. The van der Waals surface area contributed by atoms with Gasteiger partial charge in [0.05, 0.1) is 33.6 Å². The molecule has 0 aliphatic heterocycles. The van der Waals surface area contributed by atoms with Gasteiger partial charge in [-0.3, -0.25) is 0 Å². The third-order valence-corrected chi connectivity index (χ3v) is 4.31. The fraction of sp³-hybridized carbons (Fsp3) is 0.125. The monoisotopic (exact) mass is 366 g/mol. The maximum atomic E-state index is 4.58. The van der Waals surface area contributed by atoms with E-state index in [1.807, 2.05) is 36.4 Å². The fourth-order valence-electron chi connectivity index (χ4n) is 2.39. The first-order chi connectivity index (χ1) is 10.4. The highest BCUT2D eigenvalue weighted by molar-refractivity contribution is 7.97. The van der Waals surface area contributed by atoms with E-state index in [9.17, 15) is 0 Å². The molecule has 0 amide bonds. The van der Waals surface area contributed by atoms with Gasteiger partial charge in [0.15, 0.2) is 0 Å². The molecule has 0 aliphatic carbocycles. The molecule has 4 nitrogen and oxygen atoms in total. The Bertz CT molecular complexity index is 763. The molecule has 0 aliphatic rings. The van der Waals surface area contributed by atoms with E-state index in [1.54, 1.807) is 11.8 Å². The molecule has 120 valence electrons. The number of hydrogen-bond donors (Lipinski definition) is 2. The van der Waals surface area contributed by atoms with Gasteiger partial charge < -0.3 is 9.97 Å². The van der Waals surface area contributed by atoms with Crippen LogP contribution in [0.4, 0.5) is 0 Å². The van der Waals surface area contributed by atoms with E-state index in [4.69, 9.17) is 0 Å². The summed E-state index contributed by atoms with van der Waals surface area (Å²) in [5.41, 5.74) is 4.24. The van der Waals surface area contributed by atoms with Crippen LogP contribution in [0.5, 0.6) is 0 Å². The average Bonchev–Trinajstić information content (AvgIpc) is 3.09. The van der Waals surface area contributed by atoms with Crippen molar-refractivity contribution >= 4 is 58.6 Å². The Morgan fingerprint density at radius 1 is 0.696 bits per heavy atom. The summed E-state index contributed by atoms with van der Waals surface area (Å²) in [7, 11) is 0. The molecule has 2 heterocycles. The van der Waals surface area contributed by atoms with Crippen molar-refractivity contribution in [3.63, 3.8) is 0 Å². The minimum atomic E-state index is 0. The van der Waals surface area contributed by atoms with Crippen LogP contribution in [0.1, 0.15) is 11.6 Å². The summed E-state index contributed by atoms with van der Waals surface area (Å²) in [5.74, 6) is 3.73. The van der Waals surface area contributed by atoms with E-state index in [-0.39, 0.29) is 24.8 Å². The van der Waals surface area contributed by atoms with Crippen molar-refractivity contribution in [3.8, 4) is 0 Å². The number of H-pyrrole nitrogens is 2. The van der Waals surface area contributed by atoms with Gasteiger partial charge >= 0.3 is 0 Å². The molecular formula is C16H16Cl2N4S. The number of aromatic nitrogens is 4. The second-order valence-electron chi connectivity index (χ2n) is 4.89. The number of benzene rings is 2. The number of rotatable bonds is 4. The van der Waals surface area contributed by atoms with Gasteiger partial charge in [-0.15, -0.1) is 36.6 Å². The van der Waals surface area contributed by atoms with Crippen LogP contribution in [0, 0.1) is 0 Å². The maximum Gasteiger partial charge on any atom is 0.117 e. The SMILES string of the molecule is Cl.Cl.c1ccc2[nH]c(CSCc3nc4ccccc4[nH]3)nc2c1. The lowest BCUT2D eigenvalue weighted by Crippen LogP contribution is -1.87. The quantitative estimate of drug-likeness (QED) is 0.549. The molecule has 23 heavy (non-hydrogen) atoms. The molecule has 0 saturated carbocycles. The molecule has 2 aromatic carbocycles. The molecular weight excluding hydrogens is 351 g/mol. The van der Waals surface area contributed by atoms with Gasteiger partial charge in [0.25, 0.3) is 0 Å². The second kappa shape index (κ2) is 7.73. The Morgan fingerprint density at radius 2 is 1.13 bits per heavy atom. The van der Waals surface area contributed by atoms with Crippen molar-refractivity contribution in [1.29, 1.82) is 0 Å². The third-order valence-electron chi connectivity index (χ3n) is 3.35. The first kappa shape index (κ1) is 17.7. The van der Waals surface area contributed by atoms with Crippen LogP contribution in [0.2, 0.25) is 0 Å². The Morgan fingerprint density at radius 3 is 1.57 bits per heavy atom. The van der Waals surface area contributed by atoms with Crippen LogP contribution in [-0.2, 0) is 11.5 Å². The molecule has 0 bridgehead atoms. The van der Waals surface area contributed by atoms with E-state index in [0.29, 0.717) is 0 Å². The number of imidazole rings is 2. The van der Waals surface area contributed by atoms with Crippen LogP contribution >= 0.6 is 36.6 Å². The topological polar surface area (TPSA) is 57.4 Å². The Labute approximate surface area is 150 Å². The maximum absolute atomic E-state index is 4.58. The van der Waals surface area contributed by atoms with E-state index in [1.165, 1.54) is 0 Å². The van der Waals surface area contributed by atoms with Gasteiger partial charge in [-0.2, -0.15) is 0 Å². The van der Waals surface area contributed by atoms with Gasteiger partial charge in [0.1, 0.15) is 11.6 Å². The molecule has 0 unspecified atom stereocenters. The highest BCUT2D eigenvalue weighted by Crippen LogP contribution is 2.19. The molecule has 4 rings (SSSR count). The zero-order valence-electron chi connectivity index (χ0n) is 12.2. The Kier molecular flexibility index (Phi) is 5.93. The van der Waals surface area contributed by atoms with Gasteiger partial charge in [-0.25, -0.2) is 9.97 Å². The summed E-state index contributed by atoms with van der Waals surface area (Å²) >= 11 is 1.80. The number of fused-ring (bicyclic) bond motifs is 2. The van der Waals surface area contributed by atoms with Crippen molar-refractivity contribution in [3.05, 3.63) is 60.2 Å². The molecule has 0 atom stereocenters. The molecule has 2 aromatic heterocycles. The summed E-state index contributed by atoms with van der Waals surface area (Å²) in [4.78, 5) is 15.9. The zero-order chi connectivity index (χ0) is 14.1. The normalized spacial score (nSPS) is 10.4. The zero-order valence-corrected chi connectivity index (χ0v) is 14.6. The van der Waals surface area contributed by atoms with E-state index >= 15 is 0 Å². The average molecular weight is 367 g/mol. The van der Waals surface area contributed by atoms with Gasteiger partial charge in [-0.1, -0.05) is 24.3 Å². The number of para-hydroxylation sites is 4. The van der Waals surface area contributed by atoms with Crippen molar-refractivity contribution < 1.29 is 0 Å². The van der Waals surface area contributed by atoms with E-state index in [2.05, 4.69) is 32.1 Å². The number of hydrogen-bond acceptors (Lipinski definition) is 3. The lowest BCUT2D eigenvalue weighted by molar-refractivity contribution is 1.11. The number of thioether (sulfide) groups is 1. The first-order valence-electron chi connectivity index (χ1n) is 6.83. The van der Waals surface area contributed by atoms with Gasteiger partial charge in [0.2, 0.25) is 0 Å². The molecule has 0 saturated heterocycles. The smallest absolute Gasteiger partial charge is 0.117 e. The van der Waals surface area contributed by atoms with Gasteiger partial charge in [-0.05, 0) is 24.3 Å². The minimum Gasteiger partial charge on any atom is -0.341 e. The molecule has 4 aromatic rings. The summed E-state index contributed by atoms with van der Waals surface area (Å²) in [6, 6.07) is 16.2. The number of halogens is 2. The van der Waals surface area contributed by atoms with Crippen LogP contribution < -0.4 is 0 Å². The fourth-order valence-corrected chi connectivity index (χ4v) is 3.15. The van der Waals surface area contributed by atoms with Crippen molar-refractivity contribution in [2.75, 3.05) is 0 Å². The third kappa shape index (κ3) is 3.80. The van der Waals surface area contributed by atoms with Crippen LogP contribution in [0.15, 0.2) is 48.5 Å². The highest BCUT2D eigenvalue weighted by atomic mass is 35.5. The standard InChI is InChI=1S/C16H14N4S.2ClH/c1-2-6-12-11(5-1)17-15(18-12)9-21-10-16-19-13-7-3-4-8-14(13)20-16;;/h1-8H,9-10H2,(H,17,18)(H,19,20);2*1H. The second-order valence-corrected chi connectivity index (χ2v) is 5.88. The lowest BCUT2D eigenvalue weighted by atomic mass is 10.3. The predicted octanol–water partition coefficient (Wildman–Crippen LogP) is 4.72. The number of aromatic amines is 2. The van der Waals surface area contributed by atoms with Gasteiger partial charge in [0, 0.05) is 0 Å². The molecule has 7 heteroatoms. The highest BCUT2D eigenvalue weighted by Gasteiger charge is 2.05. The van der Waals surface area contributed by atoms with E-state index in [0.717, 1.165) is 45.2 Å². The molecule has 0 spiro atoms. The summed E-state index contributed by atoms with van der Waals surface area (Å²) in [5, 5.41) is 0. The van der Waals surface area contributed by atoms with Crippen molar-refractivity contribution in [2.24, 2.45) is 0 Å². The van der Waals surface area contributed by atoms with E-state index < -0.39 is 0 Å².